The summed E-state index contributed by atoms with van der Waals surface area (Å²) in [6, 6.07) is 6.38. The molecule has 5 heteroatoms. The predicted octanol–water partition coefficient (Wildman–Crippen LogP) is 2.31. The number of hydrogen-bond acceptors (Lipinski definition) is 4. The highest BCUT2D eigenvalue weighted by molar-refractivity contribution is 5.60. The Labute approximate surface area is 111 Å². The molecule has 0 atom stereocenters. The molecule has 3 rings (SSSR count). The lowest BCUT2D eigenvalue weighted by molar-refractivity contribution is 0.624. The topological polar surface area (TPSA) is 49.8 Å². The second-order valence-electron chi connectivity index (χ2n) is 4.61. The molecule has 2 aromatic rings. The summed E-state index contributed by atoms with van der Waals surface area (Å²) >= 11 is 0. The van der Waals surface area contributed by atoms with E-state index < -0.39 is 0 Å². The van der Waals surface area contributed by atoms with Gasteiger partial charge in [0, 0.05) is 30.8 Å². The Morgan fingerprint density at radius 3 is 3.05 bits per heavy atom. The zero-order chi connectivity index (χ0) is 13.2. The van der Waals surface area contributed by atoms with Crippen LogP contribution in [0.25, 0.3) is 0 Å². The molecule has 0 bridgehead atoms. The Morgan fingerprint density at radius 1 is 1.32 bits per heavy atom. The number of fused-ring (bicyclic) bond motifs is 1. The Balaban J connectivity index is 1.98. The summed E-state index contributed by atoms with van der Waals surface area (Å²) in [6.45, 7) is 3.55. The highest BCUT2D eigenvalue weighted by Crippen LogP contribution is 2.23. The molecule has 0 amide bonds. The van der Waals surface area contributed by atoms with E-state index in [-0.39, 0.29) is 5.82 Å². The number of nitrogens with zero attached hydrogens (tertiary/aromatic N) is 2. The van der Waals surface area contributed by atoms with Gasteiger partial charge in [0.1, 0.15) is 17.5 Å². The van der Waals surface area contributed by atoms with Crippen molar-refractivity contribution in [1.29, 1.82) is 0 Å². The summed E-state index contributed by atoms with van der Waals surface area (Å²) in [5.41, 5.74) is 2.84. The van der Waals surface area contributed by atoms with Crippen molar-refractivity contribution in [1.82, 2.24) is 15.3 Å². The fourth-order valence-electron chi connectivity index (χ4n) is 2.27. The molecule has 1 aromatic heterocycles. The fourth-order valence-corrected chi connectivity index (χ4v) is 2.27. The second-order valence-corrected chi connectivity index (χ2v) is 4.61. The first kappa shape index (κ1) is 12.0. The lowest BCUT2D eigenvalue weighted by Gasteiger charge is -2.20. The predicted molar refractivity (Wildman–Crippen MR) is 71.9 cm³/mol. The zero-order valence-corrected chi connectivity index (χ0v) is 10.7. The standard InChI is InChI=1S/C14H15FN4/c1-9-17-13-5-6-16-8-12(13)14(18-9)19-11-4-2-3-10(15)7-11/h2-4,7,16H,5-6,8H2,1H3,(H,17,18,19). The number of nitrogens with one attached hydrogen (secondary N) is 2. The highest BCUT2D eigenvalue weighted by Gasteiger charge is 2.16. The van der Waals surface area contributed by atoms with Crippen molar-refractivity contribution in [3.05, 3.63) is 47.2 Å². The summed E-state index contributed by atoms with van der Waals surface area (Å²) in [6.07, 6.45) is 0.899. The molecule has 0 unspecified atom stereocenters. The molecule has 19 heavy (non-hydrogen) atoms. The van der Waals surface area contributed by atoms with Crippen molar-refractivity contribution < 1.29 is 4.39 Å². The van der Waals surface area contributed by atoms with E-state index in [1.165, 1.54) is 12.1 Å². The van der Waals surface area contributed by atoms with Gasteiger partial charge in [-0.15, -0.1) is 0 Å². The number of aromatic nitrogens is 2. The smallest absolute Gasteiger partial charge is 0.138 e. The van der Waals surface area contributed by atoms with Gasteiger partial charge in [0.15, 0.2) is 0 Å². The van der Waals surface area contributed by atoms with E-state index in [9.17, 15) is 4.39 Å². The SMILES string of the molecule is Cc1nc2c(c(Nc3cccc(F)c3)n1)CNCC2. The minimum atomic E-state index is -0.261. The molecule has 0 radical (unpaired) electrons. The Morgan fingerprint density at radius 2 is 2.21 bits per heavy atom. The van der Waals surface area contributed by atoms with Crippen molar-refractivity contribution >= 4 is 11.5 Å². The first-order valence-electron chi connectivity index (χ1n) is 6.32. The average Bonchev–Trinajstić information content (AvgIpc) is 2.38. The summed E-state index contributed by atoms with van der Waals surface area (Å²) in [5, 5.41) is 6.49. The molecule has 4 nitrogen and oxygen atoms in total. The molecule has 1 aliphatic rings. The van der Waals surface area contributed by atoms with E-state index in [1.807, 2.05) is 13.0 Å². The Kier molecular flexibility index (Phi) is 3.13. The largest absolute Gasteiger partial charge is 0.340 e. The lowest BCUT2D eigenvalue weighted by atomic mass is 10.1. The third-order valence-corrected chi connectivity index (χ3v) is 3.13. The molecule has 2 heterocycles. The van der Waals surface area contributed by atoms with Crippen LogP contribution in [-0.2, 0) is 13.0 Å². The van der Waals surface area contributed by atoms with Crippen molar-refractivity contribution in [3.8, 4) is 0 Å². The maximum Gasteiger partial charge on any atom is 0.138 e. The monoisotopic (exact) mass is 258 g/mol. The summed E-state index contributed by atoms with van der Waals surface area (Å²) in [4.78, 5) is 8.90. The Hall–Kier alpha value is -2.01. The van der Waals surface area contributed by atoms with E-state index in [2.05, 4.69) is 20.6 Å². The number of aryl methyl sites for hydroxylation is 1. The van der Waals surface area contributed by atoms with Crippen LogP contribution in [0.3, 0.4) is 0 Å². The van der Waals surface area contributed by atoms with Gasteiger partial charge in [-0.1, -0.05) is 6.07 Å². The number of hydrogen-bond donors (Lipinski definition) is 2. The summed E-state index contributed by atoms with van der Waals surface area (Å²) in [7, 11) is 0. The second kappa shape index (κ2) is 4.93. The van der Waals surface area contributed by atoms with Crippen molar-refractivity contribution in [2.45, 2.75) is 19.9 Å². The van der Waals surface area contributed by atoms with Crippen LogP contribution in [0.2, 0.25) is 0 Å². The molecule has 2 N–H and O–H groups in total. The van der Waals surface area contributed by atoms with Crippen LogP contribution in [-0.4, -0.2) is 16.5 Å². The third kappa shape index (κ3) is 2.56. The van der Waals surface area contributed by atoms with Gasteiger partial charge in [0.05, 0.1) is 5.69 Å². The van der Waals surface area contributed by atoms with E-state index in [4.69, 9.17) is 0 Å². The number of rotatable bonds is 2. The van der Waals surface area contributed by atoms with Gasteiger partial charge in [-0.3, -0.25) is 0 Å². The number of benzene rings is 1. The van der Waals surface area contributed by atoms with E-state index in [0.717, 1.165) is 42.4 Å². The maximum atomic E-state index is 13.2. The molecule has 0 spiro atoms. The molecule has 98 valence electrons. The Bertz CT molecular complexity index is 612. The van der Waals surface area contributed by atoms with Gasteiger partial charge >= 0.3 is 0 Å². The molecule has 1 aromatic carbocycles. The number of anilines is 2. The van der Waals surface area contributed by atoms with Gasteiger partial charge < -0.3 is 10.6 Å². The van der Waals surface area contributed by atoms with Gasteiger partial charge in [-0.05, 0) is 25.1 Å². The first-order valence-corrected chi connectivity index (χ1v) is 6.32. The van der Waals surface area contributed by atoms with Crippen LogP contribution in [0.1, 0.15) is 17.1 Å². The first-order chi connectivity index (χ1) is 9.22. The van der Waals surface area contributed by atoms with Gasteiger partial charge in [0.25, 0.3) is 0 Å². The lowest BCUT2D eigenvalue weighted by Crippen LogP contribution is -2.26. The maximum absolute atomic E-state index is 13.2. The van der Waals surface area contributed by atoms with Crippen LogP contribution in [0.15, 0.2) is 24.3 Å². The molecular formula is C14H15FN4. The van der Waals surface area contributed by atoms with Crippen LogP contribution < -0.4 is 10.6 Å². The van der Waals surface area contributed by atoms with Gasteiger partial charge in [-0.2, -0.15) is 0 Å². The van der Waals surface area contributed by atoms with Crippen molar-refractivity contribution in [3.63, 3.8) is 0 Å². The minimum absolute atomic E-state index is 0.261. The summed E-state index contributed by atoms with van der Waals surface area (Å²) in [5.74, 6) is 1.24. The van der Waals surface area contributed by atoms with Crippen LogP contribution in [0.5, 0.6) is 0 Å². The quantitative estimate of drug-likeness (QED) is 0.868. The minimum Gasteiger partial charge on any atom is -0.340 e. The van der Waals surface area contributed by atoms with Gasteiger partial charge in [0.2, 0.25) is 0 Å². The van der Waals surface area contributed by atoms with E-state index in [1.54, 1.807) is 6.07 Å². The average molecular weight is 258 g/mol. The fraction of sp³-hybridized carbons (Fsp3) is 0.286. The van der Waals surface area contributed by atoms with Crippen LogP contribution in [0.4, 0.5) is 15.9 Å². The van der Waals surface area contributed by atoms with Crippen LogP contribution in [0, 0.1) is 12.7 Å². The molecular weight excluding hydrogens is 243 g/mol. The van der Waals surface area contributed by atoms with E-state index >= 15 is 0 Å². The normalized spacial score (nSPS) is 14.0. The summed E-state index contributed by atoms with van der Waals surface area (Å²) < 4.78 is 13.2. The molecule has 0 fully saturated rings. The third-order valence-electron chi connectivity index (χ3n) is 3.13. The number of halogens is 1. The molecule has 0 saturated heterocycles. The van der Waals surface area contributed by atoms with Gasteiger partial charge in [-0.25, -0.2) is 14.4 Å². The molecule has 0 aliphatic carbocycles. The van der Waals surface area contributed by atoms with Crippen LogP contribution >= 0.6 is 0 Å². The molecule has 1 aliphatic heterocycles. The van der Waals surface area contributed by atoms with Crippen molar-refractivity contribution in [2.75, 3.05) is 11.9 Å². The highest BCUT2D eigenvalue weighted by atomic mass is 19.1. The molecule has 0 saturated carbocycles. The zero-order valence-electron chi connectivity index (χ0n) is 10.7. The van der Waals surface area contributed by atoms with E-state index in [0.29, 0.717) is 5.69 Å². The van der Waals surface area contributed by atoms with Crippen molar-refractivity contribution in [2.24, 2.45) is 0 Å².